The fourth-order valence-corrected chi connectivity index (χ4v) is 3.64. The third-order valence-electron chi connectivity index (χ3n) is 6.29. The van der Waals surface area contributed by atoms with Gasteiger partial charge in [-0.05, 0) is 83.2 Å². The lowest BCUT2D eigenvalue weighted by molar-refractivity contribution is -0.0272. The van der Waals surface area contributed by atoms with Crippen LogP contribution in [0.2, 0.25) is 0 Å². The van der Waals surface area contributed by atoms with Crippen LogP contribution in [0.5, 0.6) is 0 Å². The molecular weight excluding hydrogens is 362 g/mol. The number of allylic oxidation sites excluding steroid dienone is 1. The highest BCUT2D eigenvalue weighted by Gasteiger charge is 2.50. The highest BCUT2D eigenvalue weighted by molar-refractivity contribution is 5.55. The van der Waals surface area contributed by atoms with Gasteiger partial charge in [0, 0.05) is 5.69 Å². The predicted molar refractivity (Wildman–Crippen MR) is 117 cm³/mol. The molecule has 1 fully saturated rings. The number of nitriles is 1. The van der Waals surface area contributed by atoms with Gasteiger partial charge in [-0.15, -0.1) is 5.23 Å². The highest BCUT2D eigenvalue weighted by atomic mass is 17.0. The molecule has 1 saturated heterocycles. The smallest absolute Gasteiger partial charge is 0.136 e. The quantitative estimate of drug-likeness (QED) is 0.605. The Morgan fingerprint density at radius 2 is 1.52 bits per heavy atom. The zero-order valence-corrected chi connectivity index (χ0v) is 18.3. The maximum absolute atomic E-state index is 9.77. The van der Waals surface area contributed by atoms with Crippen LogP contribution in [0, 0.1) is 11.3 Å². The molecule has 1 aromatic carbocycles. The maximum Gasteiger partial charge on any atom is 0.136 e. The van der Waals surface area contributed by atoms with Gasteiger partial charge in [0.25, 0.3) is 0 Å². The van der Waals surface area contributed by atoms with Crippen LogP contribution < -0.4 is 10.5 Å². The summed E-state index contributed by atoms with van der Waals surface area (Å²) in [6, 6.07) is 10.0. The molecule has 1 aliphatic carbocycles. The Balaban J connectivity index is 1.66. The van der Waals surface area contributed by atoms with Crippen LogP contribution in [-0.4, -0.2) is 17.2 Å². The summed E-state index contributed by atoms with van der Waals surface area (Å²) in [5.41, 5.74) is 2.15. The van der Waals surface area contributed by atoms with Crippen LogP contribution in [0.25, 0.3) is 0 Å². The van der Waals surface area contributed by atoms with E-state index in [9.17, 15) is 5.26 Å². The third kappa shape index (κ3) is 5.32. The number of hydrogen-bond donors (Lipinski definition) is 1. The molecule has 0 amide bonds. The first-order valence-electron chi connectivity index (χ1n) is 11.0. The molecule has 1 N–H and O–H groups in total. The van der Waals surface area contributed by atoms with Crippen molar-refractivity contribution in [3.05, 3.63) is 35.9 Å². The minimum atomic E-state index is -0.419. The van der Waals surface area contributed by atoms with Crippen molar-refractivity contribution in [2.24, 2.45) is 0 Å². The van der Waals surface area contributed by atoms with Crippen LogP contribution in [-0.2, 0) is 9.68 Å². The van der Waals surface area contributed by atoms with Crippen LogP contribution in [0.4, 0.5) is 11.4 Å². The second kappa shape index (κ2) is 9.19. The predicted octanol–water partition coefficient (Wildman–Crippen LogP) is 6.29. The van der Waals surface area contributed by atoms with Crippen molar-refractivity contribution in [2.45, 2.75) is 96.3 Å². The van der Waals surface area contributed by atoms with Gasteiger partial charge in [0.15, 0.2) is 0 Å². The van der Waals surface area contributed by atoms with Crippen molar-refractivity contribution < 1.29 is 9.68 Å². The van der Waals surface area contributed by atoms with Crippen LogP contribution in [0.1, 0.15) is 79.1 Å². The number of hydrogen-bond acceptors (Lipinski definition) is 5. The van der Waals surface area contributed by atoms with E-state index >= 15 is 0 Å². The van der Waals surface area contributed by atoms with Crippen molar-refractivity contribution >= 4 is 11.4 Å². The summed E-state index contributed by atoms with van der Waals surface area (Å²) >= 11 is 0. The molecular formula is C24H35N3O2. The fraction of sp³-hybridized carbons (Fsp3) is 0.625. The molecule has 0 aromatic heterocycles. The van der Waals surface area contributed by atoms with Crippen LogP contribution >= 0.6 is 0 Å². The standard InChI is InChI=1S/C24H35N3O2/c1-23(2)24(3,4)29-27(28-23)21-16-14-20(15-17-21)26-22(18-25)19-12-10-8-6-5-7-9-11-13-19/h12,14-17,22,26H,5-11,13H2,1-4H3/b19-12+. The summed E-state index contributed by atoms with van der Waals surface area (Å²) in [5.74, 6) is 0. The van der Waals surface area contributed by atoms with E-state index in [2.05, 4.69) is 17.5 Å². The molecule has 5 nitrogen and oxygen atoms in total. The molecule has 3 rings (SSSR count). The maximum atomic E-state index is 9.77. The third-order valence-corrected chi connectivity index (χ3v) is 6.29. The molecule has 1 atom stereocenters. The Hall–Kier alpha value is -2.03. The SMILES string of the molecule is CC1(C)ON(c2ccc(NC(C#N)/C3=C/CCCCCCCC3)cc2)OC1(C)C. The van der Waals surface area contributed by atoms with Gasteiger partial charge in [-0.2, -0.15) is 5.26 Å². The fourth-order valence-electron chi connectivity index (χ4n) is 3.64. The first-order valence-corrected chi connectivity index (χ1v) is 11.0. The van der Waals surface area contributed by atoms with Crippen LogP contribution in [0.15, 0.2) is 35.9 Å². The molecule has 1 heterocycles. The molecule has 5 heteroatoms. The summed E-state index contributed by atoms with van der Waals surface area (Å²) in [6.45, 7) is 8.08. The Morgan fingerprint density at radius 3 is 2.14 bits per heavy atom. The van der Waals surface area contributed by atoms with Gasteiger partial charge in [-0.1, -0.05) is 31.8 Å². The molecule has 0 radical (unpaired) electrons. The Bertz CT molecular complexity index is 730. The summed E-state index contributed by atoms with van der Waals surface area (Å²) < 4.78 is 0. The Morgan fingerprint density at radius 1 is 0.931 bits per heavy atom. The number of nitrogens with zero attached hydrogens (tertiary/aromatic N) is 2. The number of rotatable bonds is 4. The van der Waals surface area contributed by atoms with Gasteiger partial charge in [-0.25, -0.2) is 9.68 Å². The molecule has 29 heavy (non-hydrogen) atoms. The van der Waals surface area contributed by atoms with Crippen LogP contribution in [0.3, 0.4) is 0 Å². The second-order valence-electron chi connectivity index (χ2n) is 9.15. The lowest BCUT2D eigenvalue weighted by Gasteiger charge is -2.26. The topological polar surface area (TPSA) is 57.5 Å². The summed E-state index contributed by atoms with van der Waals surface area (Å²) in [6.07, 6.45) is 12.0. The lowest BCUT2D eigenvalue weighted by Crippen LogP contribution is -2.41. The van der Waals surface area contributed by atoms with E-state index in [1.54, 1.807) is 0 Å². The zero-order valence-electron chi connectivity index (χ0n) is 18.3. The van der Waals surface area contributed by atoms with Crippen molar-refractivity contribution in [3.8, 4) is 6.07 Å². The number of anilines is 2. The normalized spacial score (nSPS) is 24.8. The lowest BCUT2D eigenvalue weighted by atomic mass is 9.90. The van der Waals surface area contributed by atoms with E-state index in [4.69, 9.17) is 9.68 Å². The van der Waals surface area contributed by atoms with Gasteiger partial charge in [0.1, 0.15) is 17.2 Å². The van der Waals surface area contributed by atoms with Gasteiger partial charge in [0.05, 0.1) is 11.8 Å². The average molecular weight is 398 g/mol. The van der Waals surface area contributed by atoms with E-state index in [1.165, 1.54) is 49.3 Å². The van der Waals surface area contributed by atoms with Gasteiger partial charge in [-0.3, -0.25) is 0 Å². The molecule has 1 aromatic rings. The van der Waals surface area contributed by atoms with Gasteiger partial charge >= 0.3 is 0 Å². The first kappa shape index (κ1) is 21.7. The second-order valence-corrected chi connectivity index (χ2v) is 9.15. The number of benzene rings is 1. The molecule has 158 valence electrons. The Kier molecular flexibility index (Phi) is 6.87. The monoisotopic (exact) mass is 397 g/mol. The summed E-state index contributed by atoms with van der Waals surface area (Å²) in [5, 5.41) is 14.7. The van der Waals surface area contributed by atoms with E-state index < -0.39 is 11.2 Å². The molecule has 0 bridgehead atoms. The largest absolute Gasteiger partial charge is 0.366 e. The van der Waals surface area contributed by atoms with E-state index in [0.29, 0.717) is 0 Å². The van der Waals surface area contributed by atoms with Gasteiger partial charge < -0.3 is 5.32 Å². The highest BCUT2D eigenvalue weighted by Crippen LogP contribution is 2.40. The number of nitrogens with one attached hydrogen (secondary N) is 1. The summed E-state index contributed by atoms with van der Waals surface area (Å²) in [4.78, 5) is 11.9. The molecule has 1 aliphatic heterocycles. The van der Waals surface area contributed by atoms with E-state index in [0.717, 1.165) is 24.2 Å². The molecule has 1 unspecified atom stereocenters. The van der Waals surface area contributed by atoms with E-state index in [-0.39, 0.29) is 6.04 Å². The average Bonchev–Trinajstić information content (AvgIpc) is 2.92. The minimum absolute atomic E-state index is 0.280. The Labute approximate surface area is 175 Å². The molecule has 0 saturated carbocycles. The first-order chi connectivity index (χ1) is 13.8. The molecule has 0 spiro atoms. The summed E-state index contributed by atoms with van der Waals surface area (Å²) in [7, 11) is 0. The van der Waals surface area contributed by atoms with Crippen molar-refractivity contribution in [1.29, 1.82) is 5.26 Å². The van der Waals surface area contributed by atoms with Crippen molar-refractivity contribution in [2.75, 3.05) is 10.5 Å². The zero-order chi connectivity index (χ0) is 20.9. The van der Waals surface area contributed by atoms with Crippen molar-refractivity contribution in [3.63, 3.8) is 0 Å². The van der Waals surface area contributed by atoms with E-state index in [1.807, 2.05) is 52.0 Å². The molecule has 2 aliphatic rings. The van der Waals surface area contributed by atoms with Crippen molar-refractivity contribution in [1.82, 2.24) is 0 Å². The minimum Gasteiger partial charge on any atom is -0.366 e. The van der Waals surface area contributed by atoms with Gasteiger partial charge in [0.2, 0.25) is 0 Å².